The molecule has 1 aromatic carbocycles. The number of hydrogen-bond donors (Lipinski definition) is 1. The van der Waals surface area contributed by atoms with E-state index in [-0.39, 0.29) is 0 Å². The standard InChI is InChI=1S/C14H19N3/c1-2-16-7-9-17(10-8-16)14-11-15-13-6-4-3-5-12(13)14/h3-6,11,15H,2,7-10H2,1H3. The molecule has 1 aromatic heterocycles. The van der Waals surface area contributed by atoms with Gasteiger partial charge < -0.3 is 14.8 Å². The minimum atomic E-state index is 1.13. The average molecular weight is 229 g/mol. The maximum atomic E-state index is 3.36. The molecule has 0 amide bonds. The van der Waals surface area contributed by atoms with Crippen LogP contribution in [0.25, 0.3) is 10.9 Å². The number of rotatable bonds is 2. The summed E-state index contributed by atoms with van der Waals surface area (Å²) in [6, 6.07) is 8.54. The van der Waals surface area contributed by atoms with Crippen LogP contribution in [0.3, 0.4) is 0 Å². The number of hydrogen-bond acceptors (Lipinski definition) is 2. The van der Waals surface area contributed by atoms with Crippen molar-refractivity contribution in [3.8, 4) is 0 Å². The molecule has 0 radical (unpaired) electrons. The second-order valence-electron chi connectivity index (χ2n) is 4.64. The topological polar surface area (TPSA) is 22.3 Å². The number of likely N-dealkylation sites (N-methyl/N-ethyl adjacent to an activating group) is 1. The number of piperazine rings is 1. The van der Waals surface area contributed by atoms with Gasteiger partial charge in [0, 0.05) is 43.3 Å². The van der Waals surface area contributed by atoms with E-state index in [2.05, 4.69) is 52.2 Å². The molecule has 90 valence electrons. The van der Waals surface area contributed by atoms with Crippen LogP contribution in [-0.4, -0.2) is 42.6 Å². The van der Waals surface area contributed by atoms with Gasteiger partial charge in [-0.3, -0.25) is 0 Å². The van der Waals surface area contributed by atoms with Gasteiger partial charge in [-0.05, 0) is 12.6 Å². The van der Waals surface area contributed by atoms with Gasteiger partial charge in [-0.25, -0.2) is 0 Å². The Labute approximate surface area is 102 Å². The molecule has 0 unspecified atom stereocenters. The average Bonchev–Trinajstić information content (AvgIpc) is 2.83. The maximum Gasteiger partial charge on any atom is 0.0624 e. The summed E-state index contributed by atoms with van der Waals surface area (Å²) in [5.41, 5.74) is 2.59. The Morgan fingerprint density at radius 3 is 2.65 bits per heavy atom. The lowest BCUT2D eigenvalue weighted by atomic mass is 10.2. The van der Waals surface area contributed by atoms with Gasteiger partial charge in [0.05, 0.1) is 5.69 Å². The van der Waals surface area contributed by atoms with Gasteiger partial charge in [0.1, 0.15) is 0 Å². The van der Waals surface area contributed by atoms with Crippen molar-refractivity contribution in [3.05, 3.63) is 30.5 Å². The van der Waals surface area contributed by atoms with E-state index >= 15 is 0 Å². The maximum absolute atomic E-state index is 3.36. The predicted molar refractivity (Wildman–Crippen MR) is 72.6 cm³/mol. The third kappa shape index (κ3) is 1.91. The highest BCUT2D eigenvalue weighted by molar-refractivity contribution is 5.92. The highest BCUT2D eigenvalue weighted by Gasteiger charge is 2.17. The lowest BCUT2D eigenvalue weighted by Crippen LogP contribution is -2.46. The van der Waals surface area contributed by atoms with Crippen LogP contribution >= 0.6 is 0 Å². The van der Waals surface area contributed by atoms with Crippen molar-refractivity contribution in [1.82, 2.24) is 9.88 Å². The second kappa shape index (κ2) is 4.41. The van der Waals surface area contributed by atoms with Crippen LogP contribution in [0.2, 0.25) is 0 Å². The molecule has 1 fully saturated rings. The molecule has 2 aromatic rings. The summed E-state index contributed by atoms with van der Waals surface area (Å²) in [4.78, 5) is 8.35. The Hall–Kier alpha value is -1.48. The zero-order valence-electron chi connectivity index (χ0n) is 10.3. The van der Waals surface area contributed by atoms with Gasteiger partial charge in [0.2, 0.25) is 0 Å². The molecule has 17 heavy (non-hydrogen) atoms. The number of para-hydroxylation sites is 1. The van der Waals surface area contributed by atoms with E-state index < -0.39 is 0 Å². The first-order valence-electron chi connectivity index (χ1n) is 6.42. The third-order valence-electron chi connectivity index (χ3n) is 3.73. The van der Waals surface area contributed by atoms with Crippen LogP contribution in [0.5, 0.6) is 0 Å². The van der Waals surface area contributed by atoms with Crippen LogP contribution in [0.15, 0.2) is 30.5 Å². The number of benzene rings is 1. The Kier molecular flexibility index (Phi) is 2.77. The summed E-state index contributed by atoms with van der Waals surface area (Å²) < 4.78 is 0. The summed E-state index contributed by atoms with van der Waals surface area (Å²) in [5.74, 6) is 0. The van der Waals surface area contributed by atoms with E-state index in [1.807, 2.05) is 0 Å². The predicted octanol–water partition coefficient (Wildman–Crippen LogP) is 2.31. The van der Waals surface area contributed by atoms with E-state index in [0.29, 0.717) is 0 Å². The van der Waals surface area contributed by atoms with E-state index in [9.17, 15) is 0 Å². The molecule has 0 atom stereocenters. The minimum absolute atomic E-state index is 1.13. The molecular formula is C14H19N3. The first kappa shape index (κ1) is 10.7. The van der Waals surface area contributed by atoms with E-state index in [4.69, 9.17) is 0 Å². The Bertz CT molecular complexity index is 495. The number of nitrogens with zero attached hydrogens (tertiary/aromatic N) is 2. The highest BCUT2D eigenvalue weighted by atomic mass is 15.3. The zero-order chi connectivity index (χ0) is 11.7. The molecule has 3 heteroatoms. The molecule has 2 heterocycles. The fraction of sp³-hybridized carbons (Fsp3) is 0.429. The van der Waals surface area contributed by atoms with Crippen LogP contribution in [-0.2, 0) is 0 Å². The van der Waals surface area contributed by atoms with Crippen molar-refractivity contribution in [3.63, 3.8) is 0 Å². The van der Waals surface area contributed by atoms with Gasteiger partial charge in [-0.15, -0.1) is 0 Å². The molecular weight excluding hydrogens is 210 g/mol. The first-order valence-corrected chi connectivity index (χ1v) is 6.42. The molecule has 1 aliphatic heterocycles. The molecule has 3 nitrogen and oxygen atoms in total. The molecule has 3 rings (SSSR count). The number of nitrogens with one attached hydrogen (secondary N) is 1. The van der Waals surface area contributed by atoms with Crippen LogP contribution < -0.4 is 4.90 Å². The third-order valence-corrected chi connectivity index (χ3v) is 3.73. The highest BCUT2D eigenvalue weighted by Crippen LogP contribution is 2.27. The number of H-pyrrole nitrogens is 1. The molecule has 1 aliphatic rings. The van der Waals surface area contributed by atoms with Crippen molar-refractivity contribution in [2.75, 3.05) is 37.6 Å². The number of anilines is 1. The van der Waals surface area contributed by atoms with Crippen molar-refractivity contribution >= 4 is 16.6 Å². The van der Waals surface area contributed by atoms with Gasteiger partial charge >= 0.3 is 0 Å². The molecule has 1 saturated heterocycles. The summed E-state index contributed by atoms with van der Waals surface area (Å²) in [6.45, 7) is 8.03. The number of fused-ring (bicyclic) bond motifs is 1. The van der Waals surface area contributed by atoms with Crippen molar-refractivity contribution in [2.45, 2.75) is 6.92 Å². The Morgan fingerprint density at radius 2 is 1.88 bits per heavy atom. The first-order chi connectivity index (χ1) is 8.38. The Balaban J connectivity index is 1.85. The van der Waals surface area contributed by atoms with Crippen molar-refractivity contribution in [2.24, 2.45) is 0 Å². The number of aromatic amines is 1. The normalized spacial score (nSPS) is 17.8. The van der Waals surface area contributed by atoms with E-state index in [0.717, 1.165) is 13.1 Å². The smallest absolute Gasteiger partial charge is 0.0624 e. The van der Waals surface area contributed by atoms with Gasteiger partial charge in [-0.2, -0.15) is 0 Å². The fourth-order valence-electron chi connectivity index (χ4n) is 2.62. The van der Waals surface area contributed by atoms with Gasteiger partial charge in [0.15, 0.2) is 0 Å². The summed E-state index contributed by atoms with van der Waals surface area (Å²) >= 11 is 0. The lowest BCUT2D eigenvalue weighted by Gasteiger charge is -2.35. The van der Waals surface area contributed by atoms with Crippen molar-refractivity contribution < 1.29 is 0 Å². The number of aromatic nitrogens is 1. The lowest BCUT2D eigenvalue weighted by molar-refractivity contribution is 0.271. The fourth-order valence-corrected chi connectivity index (χ4v) is 2.62. The molecule has 0 aliphatic carbocycles. The minimum Gasteiger partial charge on any atom is -0.367 e. The molecule has 0 bridgehead atoms. The van der Waals surface area contributed by atoms with Gasteiger partial charge in [0.25, 0.3) is 0 Å². The Morgan fingerprint density at radius 1 is 1.12 bits per heavy atom. The van der Waals surface area contributed by atoms with E-state index in [1.54, 1.807) is 0 Å². The second-order valence-corrected chi connectivity index (χ2v) is 4.64. The van der Waals surface area contributed by atoms with E-state index in [1.165, 1.54) is 36.2 Å². The summed E-state index contributed by atoms with van der Waals surface area (Å²) in [5, 5.41) is 1.34. The molecule has 0 spiro atoms. The zero-order valence-corrected chi connectivity index (χ0v) is 10.3. The van der Waals surface area contributed by atoms with Gasteiger partial charge in [-0.1, -0.05) is 25.1 Å². The summed E-state index contributed by atoms with van der Waals surface area (Å²) in [6.07, 6.45) is 2.15. The van der Waals surface area contributed by atoms with Crippen LogP contribution in [0.1, 0.15) is 6.92 Å². The SMILES string of the molecule is CCN1CCN(c2c[nH]c3ccccc23)CC1. The largest absolute Gasteiger partial charge is 0.367 e. The molecule has 0 saturated carbocycles. The monoisotopic (exact) mass is 229 g/mol. The molecule has 1 N–H and O–H groups in total. The van der Waals surface area contributed by atoms with Crippen LogP contribution in [0, 0.1) is 0 Å². The quantitative estimate of drug-likeness (QED) is 0.853. The summed E-state index contributed by atoms with van der Waals surface area (Å²) in [7, 11) is 0. The van der Waals surface area contributed by atoms with Crippen molar-refractivity contribution in [1.29, 1.82) is 0 Å². The van der Waals surface area contributed by atoms with Crippen LogP contribution in [0.4, 0.5) is 5.69 Å².